The third-order valence-corrected chi connectivity index (χ3v) is 1.10. The summed E-state index contributed by atoms with van der Waals surface area (Å²) < 4.78 is 4.74. The van der Waals surface area contributed by atoms with Gasteiger partial charge in [0.05, 0.1) is 13.4 Å². The minimum Gasteiger partial charge on any atom is -0.504 e. The van der Waals surface area contributed by atoms with Crippen LogP contribution < -0.4 is 0 Å². The first-order valence-electron chi connectivity index (χ1n) is 3.03. The summed E-state index contributed by atoms with van der Waals surface area (Å²) in [5.41, 5.74) is 1.09. The lowest BCUT2D eigenvalue weighted by molar-refractivity contribution is 0.341. The topological polar surface area (TPSA) is 22.1 Å². The average Bonchev–Trinajstić information content (AvgIpc) is 2.03. The molecule has 0 aromatic carbocycles. The predicted molar refractivity (Wildman–Crippen MR) is 40.3 cm³/mol. The molecule has 0 spiro atoms. The molecule has 2 nitrogen and oxygen atoms in total. The van der Waals surface area contributed by atoms with Crippen molar-refractivity contribution in [3.05, 3.63) is 36.4 Å². The molecule has 0 radical (unpaired) electrons. The van der Waals surface area contributed by atoms with Gasteiger partial charge in [-0.1, -0.05) is 0 Å². The van der Waals surface area contributed by atoms with Crippen LogP contribution in [0.5, 0.6) is 0 Å². The van der Waals surface area contributed by atoms with E-state index >= 15 is 0 Å². The van der Waals surface area contributed by atoms with E-state index in [1.807, 2.05) is 18.2 Å². The second-order valence-corrected chi connectivity index (χ2v) is 1.82. The van der Waals surface area contributed by atoms with E-state index in [2.05, 4.69) is 4.98 Å². The molecule has 0 fully saturated rings. The lowest BCUT2D eigenvalue weighted by Crippen LogP contribution is -1.72. The standard InChI is InChI=1S/C8H9NO/c1-10-7-4-8-2-5-9-6-3-8/h2-7H,1H3/b7-4+. The van der Waals surface area contributed by atoms with E-state index in [9.17, 15) is 0 Å². The first kappa shape index (κ1) is 6.81. The molecule has 0 N–H and O–H groups in total. The molecule has 0 atom stereocenters. The van der Waals surface area contributed by atoms with Crippen LogP contribution in [-0.2, 0) is 4.74 Å². The summed E-state index contributed by atoms with van der Waals surface area (Å²) in [4.78, 5) is 3.88. The highest BCUT2D eigenvalue weighted by molar-refractivity contribution is 5.46. The van der Waals surface area contributed by atoms with Gasteiger partial charge in [-0.2, -0.15) is 0 Å². The molecule has 1 rings (SSSR count). The number of hydrogen-bond acceptors (Lipinski definition) is 2. The molecule has 0 saturated heterocycles. The average molecular weight is 135 g/mol. The van der Waals surface area contributed by atoms with E-state index < -0.39 is 0 Å². The molecule has 10 heavy (non-hydrogen) atoms. The lowest BCUT2D eigenvalue weighted by Gasteiger charge is -1.89. The van der Waals surface area contributed by atoms with Gasteiger partial charge in [-0.15, -0.1) is 0 Å². The van der Waals surface area contributed by atoms with Gasteiger partial charge in [0.25, 0.3) is 0 Å². The molecule has 0 bridgehead atoms. The minimum absolute atomic E-state index is 1.09. The molecule has 1 aromatic heterocycles. The largest absolute Gasteiger partial charge is 0.504 e. The molecule has 1 aromatic rings. The van der Waals surface area contributed by atoms with Crippen LogP contribution >= 0.6 is 0 Å². The second-order valence-electron chi connectivity index (χ2n) is 1.82. The van der Waals surface area contributed by atoms with E-state index in [4.69, 9.17) is 4.74 Å². The van der Waals surface area contributed by atoms with Crippen molar-refractivity contribution in [2.24, 2.45) is 0 Å². The fraction of sp³-hybridized carbons (Fsp3) is 0.125. The van der Waals surface area contributed by atoms with Crippen molar-refractivity contribution in [3.8, 4) is 0 Å². The predicted octanol–water partition coefficient (Wildman–Crippen LogP) is 1.70. The summed E-state index contributed by atoms with van der Waals surface area (Å²) in [6.07, 6.45) is 7.00. The van der Waals surface area contributed by atoms with Gasteiger partial charge in [0.15, 0.2) is 0 Å². The molecular formula is C8H9NO. The van der Waals surface area contributed by atoms with Gasteiger partial charge < -0.3 is 4.74 Å². The van der Waals surface area contributed by atoms with Crippen LogP contribution in [0.1, 0.15) is 5.56 Å². The Morgan fingerprint density at radius 2 is 2.10 bits per heavy atom. The number of pyridine rings is 1. The summed E-state index contributed by atoms with van der Waals surface area (Å²) in [5, 5.41) is 0. The highest BCUT2D eigenvalue weighted by atomic mass is 16.5. The lowest BCUT2D eigenvalue weighted by atomic mass is 10.3. The van der Waals surface area contributed by atoms with Gasteiger partial charge in [-0.05, 0) is 23.8 Å². The Morgan fingerprint density at radius 3 is 2.70 bits per heavy atom. The molecule has 1 heterocycles. The van der Waals surface area contributed by atoms with Gasteiger partial charge >= 0.3 is 0 Å². The zero-order valence-electron chi connectivity index (χ0n) is 5.82. The van der Waals surface area contributed by atoms with E-state index in [-0.39, 0.29) is 0 Å². The Bertz CT molecular complexity index is 206. The molecule has 0 unspecified atom stereocenters. The van der Waals surface area contributed by atoms with Gasteiger partial charge in [0.1, 0.15) is 0 Å². The molecule has 0 saturated carbocycles. The van der Waals surface area contributed by atoms with Crippen molar-refractivity contribution < 1.29 is 4.74 Å². The second kappa shape index (κ2) is 3.67. The number of hydrogen-bond donors (Lipinski definition) is 0. The Balaban J connectivity index is 2.67. The molecular weight excluding hydrogens is 126 g/mol. The van der Waals surface area contributed by atoms with Crippen molar-refractivity contribution in [1.82, 2.24) is 4.98 Å². The zero-order chi connectivity index (χ0) is 7.23. The maximum Gasteiger partial charge on any atom is 0.0830 e. The van der Waals surface area contributed by atoms with Crippen LogP contribution in [0.15, 0.2) is 30.8 Å². The van der Waals surface area contributed by atoms with Crippen LogP contribution in [0.4, 0.5) is 0 Å². The Hall–Kier alpha value is -1.31. The Kier molecular flexibility index (Phi) is 2.49. The number of methoxy groups -OCH3 is 1. The SMILES string of the molecule is CO/C=C/c1ccncc1. The minimum atomic E-state index is 1.09. The smallest absolute Gasteiger partial charge is 0.0830 e. The number of aromatic nitrogens is 1. The zero-order valence-corrected chi connectivity index (χ0v) is 5.82. The monoisotopic (exact) mass is 135 g/mol. The van der Waals surface area contributed by atoms with E-state index in [1.165, 1.54) is 0 Å². The fourth-order valence-electron chi connectivity index (χ4n) is 0.621. The van der Waals surface area contributed by atoms with Crippen LogP contribution in [0.3, 0.4) is 0 Å². The van der Waals surface area contributed by atoms with Gasteiger partial charge in [0, 0.05) is 12.4 Å². The summed E-state index contributed by atoms with van der Waals surface area (Å²) >= 11 is 0. The first-order valence-corrected chi connectivity index (χ1v) is 3.03. The van der Waals surface area contributed by atoms with Gasteiger partial charge in [0.2, 0.25) is 0 Å². The quantitative estimate of drug-likeness (QED) is 0.576. The van der Waals surface area contributed by atoms with Crippen molar-refractivity contribution in [2.75, 3.05) is 7.11 Å². The van der Waals surface area contributed by atoms with Crippen LogP contribution in [0, 0.1) is 0 Å². The molecule has 0 aliphatic heterocycles. The number of rotatable bonds is 2. The van der Waals surface area contributed by atoms with E-state index in [1.54, 1.807) is 25.8 Å². The molecule has 0 amide bonds. The van der Waals surface area contributed by atoms with Crippen molar-refractivity contribution >= 4 is 6.08 Å². The summed E-state index contributed by atoms with van der Waals surface area (Å²) in [5.74, 6) is 0. The third kappa shape index (κ3) is 1.90. The Labute approximate surface area is 60.2 Å². The van der Waals surface area contributed by atoms with Crippen LogP contribution in [-0.4, -0.2) is 12.1 Å². The van der Waals surface area contributed by atoms with Crippen molar-refractivity contribution in [2.45, 2.75) is 0 Å². The number of ether oxygens (including phenoxy) is 1. The van der Waals surface area contributed by atoms with Crippen molar-refractivity contribution in [3.63, 3.8) is 0 Å². The van der Waals surface area contributed by atoms with E-state index in [0.717, 1.165) is 5.56 Å². The molecule has 0 aliphatic rings. The molecule has 52 valence electrons. The van der Waals surface area contributed by atoms with E-state index in [0.29, 0.717) is 0 Å². The summed E-state index contributed by atoms with van der Waals surface area (Å²) in [7, 11) is 1.62. The normalized spacial score (nSPS) is 10.1. The van der Waals surface area contributed by atoms with Gasteiger partial charge in [-0.25, -0.2) is 0 Å². The molecule has 2 heteroatoms. The van der Waals surface area contributed by atoms with Crippen LogP contribution in [0.25, 0.3) is 6.08 Å². The number of nitrogens with zero attached hydrogens (tertiary/aromatic N) is 1. The fourth-order valence-corrected chi connectivity index (χ4v) is 0.621. The van der Waals surface area contributed by atoms with Crippen molar-refractivity contribution in [1.29, 1.82) is 0 Å². The third-order valence-electron chi connectivity index (χ3n) is 1.10. The highest BCUT2D eigenvalue weighted by Crippen LogP contribution is 1.97. The maximum atomic E-state index is 4.74. The Morgan fingerprint density at radius 1 is 1.40 bits per heavy atom. The highest BCUT2D eigenvalue weighted by Gasteiger charge is 1.80. The summed E-state index contributed by atoms with van der Waals surface area (Å²) in [6.45, 7) is 0. The van der Waals surface area contributed by atoms with Crippen LogP contribution in [0.2, 0.25) is 0 Å². The molecule has 0 aliphatic carbocycles. The van der Waals surface area contributed by atoms with Gasteiger partial charge in [-0.3, -0.25) is 4.98 Å². The first-order chi connectivity index (χ1) is 4.93. The maximum absolute atomic E-state index is 4.74. The summed E-state index contributed by atoms with van der Waals surface area (Å²) in [6, 6.07) is 3.82.